The number of thioether (sulfide) groups is 1. The summed E-state index contributed by atoms with van der Waals surface area (Å²) in [6.45, 7) is 6.56. The van der Waals surface area contributed by atoms with Crippen LogP contribution in [0.4, 0.5) is 0 Å². The number of amides is 1. The molecule has 1 aromatic heterocycles. The normalized spacial score (nSPS) is 13.0. The van der Waals surface area contributed by atoms with Crippen molar-refractivity contribution in [2.45, 2.75) is 37.1 Å². The highest BCUT2D eigenvalue weighted by Gasteiger charge is 2.18. The summed E-state index contributed by atoms with van der Waals surface area (Å²) in [4.78, 5) is 21.7. The standard InChI is InChI=1S/C23H25N3OS/c1-16(19-10-6-4-7-11-19)15-24-22(27)18(3)28-23-25-17(2)14-21(26-23)20-12-8-5-9-13-20/h4-14,16,18H,15H2,1-3H3,(H,24,27)/t16-,18-/m0/s1. The molecular weight excluding hydrogens is 366 g/mol. The Labute approximate surface area is 170 Å². The van der Waals surface area contributed by atoms with Gasteiger partial charge in [-0.1, -0.05) is 79.3 Å². The van der Waals surface area contributed by atoms with Gasteiger partial charge in [-0.2, -0.15) is 0 Å². The summed E-state index contributed by atoms with van der Waals surface area (Å²) in [5.74, 6) is 0.265. The van der Waals surface area contributed by atoms with Gasteiger partial charge in [-0.05, 0) is 31.4 Å². The molecule has 1 heterocycles. The Hall–Kier alpha value is -2.66. The van der Waals surface area contributed by atoms with Crippen LogP contribution in [0.15, 0.2) is 71.9 Å². The van der Waals surface area contributed by atoms with Crippen LogP contribution in [0.25, 0.3) is 11.3 Å². The van der Waals surface area contributed by atoms with Gasteiger partial charge in [-0.3, -0.25) is 4.79 Å². The number of rotatable bonds is 7. The third kappa shape index (κ3) is 5.42. The van der Waals surface area contributed by atoms with Crippen molar-refractivity contribution in [1.82, 2.24) is 15.3 Å². The molecule has 0 bridgehead atoms. The van der Waals surface area contributed by atoms with E-state index in [1.165, 1.54) is 17.3 Å². The van der Waals surface area contributed by atoms with E-state index in [1.54, 1.807) is 0 Å². The monoisotopic (exact) mass is 391 g/mol. The fourth-order valence-electron chi connectivity index (χ4n) is 2.86. The maximum atomic E-state index is 12.5. The van der Waals surface area contributed by atoms with Crippen LogP contribution in [0.1, 0.15) is 31.0 Å². The summed E-state index contributed by atoms with van der Waals surface area (Å²) in [6, 6.07) is 22.2. The van der Waals surface area contributed by atoms with E-state index in [2.05, 4.69) is 34.3 Å². The molecule has 0 unspecified atom stereocenters. The highest BCUT2D eigenvalue weighted by atomic mass is 32.2. The predicted molar refractivity (Wildman–Crippen MR) is 115 cm³/mol. The number of carbonyl (C=O) groups excluding carboxylic acids is 1. The van der Waals surface area contributed by atoms with Crippen molar-refractivity contribution in [1.29, 1.82) is 0 Å². The molecule has 2 aromatic carbocycles. The average molecular weight is 392 g/mol. The maximum Gasteiger partial charge on any atom is 0.233 e. The maximum absolute atomic E-state index is 12.5. The largest absolute Gasteiger partial charge is 0.355 e. The topological polar surface area (TPSA) is 54.9 Å². The lowest BCUT2D eigenvalue weighted by Gasteiger charge is -2.16. The number of aryl methyl sites for hydroxylation is 1. The Bertz CT molecular complexity index is 916. The van der Waals surface area contributed by atoms with E-state index in [9.17, 15) is 4.79 Å². The van der Waals surface area contributed by atoms with Crippen molar-refractivity contribution in [2.75, 3.05) is 6.54 Å². The van der Waals surface area contributed by atoms with Gasteiger partial charge < -0.3 is 5.32 Å². The Morgan fingerprint density at radius 3 is 2.32 bits per heavy atom. The van der Waals surface area contributed by atoms with Gasteiger partial charge in [0.25, 0.3) is 0 Å². The molecule has 0 fully saturated rings. The van der Waals surface area contributed by atoms with E-state index in [0.717, 1.165) is 17.0 Å². The molecule has 28 heavy (non-hydrogen) atoms. The summed E-state index contributed by atoms with van der Waals surface area (Å²) >= 11 is 1.39. The van der Waals surface area contributed by atoms with Crippen LogP contribution in [-0.4, -0.2) is 27.7 Å². The molecule has 0 spiro atoms. The van der Waals surface area contributed by atoms with Crippen LogP contribution in [0, 0.1) is 6.92 Å². The number of hydrogen-bond acceptors (Lipinski definition) is 4. The Kier molecular flexibility index (Phi) is 6.82. The molecule has 2 atom stereocenters. The average Bonchev–Trinajstić information content (AvgIpc) is 2.72. The molecule has 0 aliphatic heterocycles. The van der Waals surface area contributed by atoms with E-state index in [4.69, 9.17) is 0 Å². The van der Waals surface area contributed by atoms with Gasteiger partial charge in [0.15, 0.2) is 5.16 Å². The number of aromatic nitrogens is 2. The molecule has 0 saturated heterocycles. The molecule has 0 aliphatic rings. The van der Waals surface area contributed by atoms with Crippen molar-refractivity contribution < 1.29 is 4.79 Å². The predicted octanol–water partition coefficient (Wildman–Crippen LogP) is 4.85. The minimum atomic E-state index is -0.270. The zero-order chi connectivity index (χ0) is 19.9. The third-order valence-electron chi connectivity index (χ3n) is 4.51. The summed E-state index contributed by atoms with van der Waals surface area (Å²) in [5.41, 5.74) is 4.03. The van der Waals surface area contributed by atoms with Crippen molar-refractivity contribution in [3.63, 3.8) is 0 Å². The van der Waals surface area contributed by atoms with Crippen molar-refractivity contribution in [2.24, 2.45) is 0 Å². The molecule has 144 valence electrons. The summed E-state index contributed by atoms with van der Waals surface area (Å²) in [5, 5.41) is 3.40. The molecule has 0 aliphatic carbocycles. The molecule has 1 N–H and O–H groups in total. The molecule has 1 amide bonds. The zero-order valence-corrected chi connectivity index (χ0v) is 17.2. The van der Waals surface area contributed by atoms with Crippen LogP contribution >= 0.6 is 11.8 Å². The SMILES string of the molecule is Cc1cc(-c2ccccc2)nc(S[C@@H](C)C(=O)NC[C@H](C)c2ccccc2)n1. The summed E-state index contributed by atoms with van der Waals surface area (Å²) in [6.07, 6.45) is 0. The van der Waals surface area contributed by atoms with Gasteiger partial charge in [-0.25, -0.2) is 9.97 Å². The number of benzene rings is 2. The smallest absolute Gasteiger partial charge is 0.233 e. The van der Waals surface area contributed by atoms with E-state index in [0.29, 0.717) is 11.7 Å². The lowest BCUT2D eigenvalue weighted by molar-refractivity contribution is -0.120. The first-order valence-electron chi connectivity index (χ1n) is 9.43. The van der Waals surface area contributed by atoms with Crippen molar-refractivity contribution >= 4 is 17.7 Å². The number of carbonyl (C=O) groups is 1. The van der Waals surface area contributed by atoms with Gasteiger partial charge in [0.05, 0.1) is 10.9 Å². The van der Waals surface area contributed by atoms with Gasteiger partial charge in [-0.15, -0.1) is 0 Å². The molecule has 4 nitrogen and oxygen atoms in total. The van der Waals surface area contributed by atoms with E-state index < -0.39 is 0 Å². The Morgan fingerprint density at radius 1 is 1.00 bits per heavy atom. The first-order valence-corrected chi connectivity index (χ1v) is 10.3. The minimum Gasteiger partial charge on any atom is -0.355 e. The van der Waals surface area contributed by atoms with Gasteiger partial charge in [0, 0.05) is 17.8 Å². The second-order valence-electron chi connectivity index (χ2n) is 6.86. The number of hydrogen-bond donors (Lipinski definition) is 1. The quantitative estimate of drug-likeness (QED) is 0.462. The van der Waals surface area contributed by atoms with E-state index in [-0.39, 0.29) is 17.1 Å². The van der Waals surface area contributed by atoms with E-state index in [1.807, 2.05) is 68.4 Å². The Morgan fingerprint density at radius 2 is 1.64 bits per heavy atom. The summed E-state index contributed by atoms with van der Waals surface area (Å²) in [7, 11) is 0. The highest BCUT2D eigenvalue weighted by Crippen LogP contribution is 2.24. The third-order valence-corrected chi connectivity index (χ3v) is 5.47. The van der Waals surface area contributed by atoms with Gasteiger partial charge in [0.1, 0.15) is 0 Å². The van der Waals surface area contributed by atoms with Crippen LogP contribution in [-0.2, 0) is 4.79 Å². The minimum absolute atomic E-state index is 0.000789. The van der Waals surface area contributed by atoms with Crippen LogP contribution < -0.4 is 5.32 Å². The molecule has 3 rings (SSSR count). The molecule has 0 saturated carbocycles. The molecule has 0 radical (unpaired) electrons. The fraction of sp³-hybridized carbons (Fsp3) is 0.261. The van der Waals surface area contributed by atoms with Crippen LogP contribution in [0.5, 0.6) is 0 Å². The first-order chi connectivity index (χ1) is 13.5. The van der Waals surface area contributed by atoms with E-state index >= 15 is 0 Å². The van der Waals surface area contributed by atoms with Crippen molar-refractivity contribution in [3.05, 3.63) is 78.0 Å². The lowest BCUT2D eigenvalue weighted by atomic mass is 10.0. The zero-order valence-electron chi connectivity index (χ0n) is 16.4. The highest BCUT2D eigenvalue weighted by molar-refractivity contribution is 8.00. The van der Waals surface area contributed by atoms with Gasteiger partial charge in [0.2, 0.25) is 5.91 Å². The molecular formula is C23H25N3OS. The van der Waals surface area contributed by atoms with Crippen molar-refractivity contribution in [3.8, 4) is 11.3 Å². The second-order valence-corrected chi connectivity index (χ2v) is 8.17. The van der Waals surface area contributed by atoms with Crippen LogP contribution in [0.3, 0.4) is 0 Å². The number of nitrogens with zero attached hydrogens (tertiary/aromatic N) is 2. The lowest BCUT2D eigenvalue weighted by Crippen LogP contribution is -2.33. The molecule has 5 heteroatoms. The van der Waals surface area contributed by atoms with Crippen LogP contribution in [0.2, 0.25) is 0 Å². The molecule has 3 aromatic rings. The second kappa shape index (κ2) is 9.51. The first kappa shape index (κ1) is 20.1. The Balaban J connectivity index is 1.61. The number of nitrogens with one attached hydrogen (secondary N) is 1. The summed E-state index contributed by atoms with van der Waals surface area (Å²) < 4.78 is 0. The van der Waals surface area contributed by atoms with Gasteiger partial charge >= 0.3 is 0 Å². The fourth-order valence-corrected chi connectivity index (χ4v) is 3.71.